The standard InChI is InChI=1S/C13H22N2OS/c1-10-14-11(9-17-10)8-15(2)12-6-4-3-5-7-13(12)16/h9,12-13,16H,3-8H2,1-2H3. The predicted molar refractivity (Wildman–Crippen MR) is 71.2 cm³/mol. The second-order valence-electron chi connectivity index (χ2n) is 5.05. The number of nitrogens with zero attached hydrogens (tertiary/aromatic N) is 2. The molecule has 17 heavy (non-hydrogen) atoms. The van der Waals surface area contributed by atoms with E-state index < -0.39 is 0 Å². The molecule has 1 aliphatic carbocycles. The molecule has 1 aromatic heterocycles. The Labute approximate surface area is 107 Å². The van der Waals surface area contributed by atoms with Crippen LogP contribution < -0.4 is 0 Å². The number of rotatable bonds is 3. The third kappa shape index (κ3) is 3.50. The van der Waals surface area contributed by atoms with Crippen LogP contribution in [0.2, 0.25) is 0 Å². The molecule has 1 fully saturated rings. The first-order chi connectivity index (χ1) is 8.16. The van der Waals surface area contributed by atoms with Gasteiger partial charge in [-0.3, -0.25) is 4.90 Å². The molecule has 3 nitrogen and oxygen atoms in total. The number of hydrogen-bond donors (Lipinski definition) is 1. The van der Waals surface area contributed by atoms with Crippen LogP contribution in [-0.2, 0) is 6.54 Å². The Morgan fingerprint density at radius 3 is 2.88 bits per heavy atom. The average molecular weight is 254 g/mol. The van der Waals surface area contributed by atoms with Crippen molar-refractivity contribution in [2.24, 2.45) is 0 Å². The highest BCUT2D eigenvalue weighted by atomic mass is 32.1. The van der Waals surface area contributed by atoms with E-state index in [2.05, 4.69) is 22.3 Å². The minimum absolute atomic E-state index is 0.165. The van der Waals surface area contributed by atoms with Gasteiger partial charge in [-0.05, 0) is 26.8 Å². The summed E-state index contributed by atoms with van der Waals surface area (Å²) in [5.74, 6) is 0. The first kappa shape index (κ1) is 13.0. The maximum atomic E-state index is 10.1. The van der Waals surface area contributed by atoms with Gasteiger partial charge in [0.05, 0.1) is 16.8 Å². The van der Waals surface area contributed by atoms with Crippen molar-refractivity contribution in [3.63, 3.8) is 0 Å². The van der Waals surface area contributed by atoms with Gasteiger partial charge in [0.15, 0.2) is 0 Å². The molecule has 0 amide bonds. The predicted octanol–water partition coefficient (Wildman–Crippen LogP) is 2.58. The van der Waals surface area contributed by atoms with Crippen LogP contribution in [0.1, 0.15) is 42.8 Å². The fraction of sp³-hybridized carbons (Fsp3) is 0.769. The number of aromatic nitrogens is 1. The maximum absolute atomic E-state index is 10.1. The lowest BCUT2D eigenvalue weighted by atomic mass is 10.0. The molecule has 1 N–H and O–H groups in total. The van der Waals surface area contributed by atoms with Crippen molar-refractivity contribution >= 4 is 11.3 Å². The number of aliphatic hydroxyl groups excluding tert-OH is 1. The van der Waals surface area contributed by atoms with Gasteiger partial charge in [-0.15, -0.1) is 11.3 Å². The molecule has 0 saturated heterocycles. The molecule has 0 bridgehead atoms. The lowest BCUT2D eigenvalue weighted by Gasteiger charge is -2.30. The van der Waals surface area contributed by atoms with E-state index in [-0.39, 0.29) is 6.10 Å². The van der Waals surface area contributed by atoms with Crippen LogP contribution in [0.25, 0.3) is 0 Å². The van der Waals surface area contributed by atoms with E-state index in [4.69, 9.17) is 0 Å². The van der Waals surface area contributed by atoms with Crippen LogP contribution in [0.4, 0.5) is 0 Å². The van der Waals surface area contributed by atoms with Crippen molar-refractivity contribution in [2.75, 3.05) is 7.05 Å². The smallest absolute Gasteiger partial charge is 0.0897 e. The van der Waals surface area contributed by atoms with Gasteiger partial charge in [0.25, 0.3) is 0 Å². The number of thiazole rings is 1. The normalized spacial score (nSPS) is 26.1. The Balaban J connectivity index is 1.95. The van der Waals surface area contributed by atoms with Gasteiger partial charge < -0.3 is 5.11 Å². The second-order valence-corrected chi connectivity index (χ2v) is 6.11. The van der Waals surface area contributed by atoms with E-state index in [0.717, 1.165) is 30.1 Å². The van der Waals surface area contributed by atoms with Crippen molar-refractivity contribution in [3.8, 4) is 0 Å². The summed E-state index contributed by atoms with van der Waals surface area (Å²) in [6, 6.07) is 0.305. The SMILES string of the molecule is Cc1nc(CN(C)C2CCCCCC2O)cs1. The van der Waals surface area contributed by atoms with Crippen molar-refractivity contribution in [2.45, 2.75) is 57.7 Å². The van der Waals surface area contributed by atoms with E-state index in [1.54, 1.807) is 11.3 Å². The Morgan fingerprint density at radius 2 is 2.18 bits per heavy atom. The molecule has 96 valence electrons. The molecule has 4 heteroatoms. The van der Waals surface area contributed by atoms with Gasteiger partial charge in [-0.2, -0.15) is 0 Å². The lowest BCUT2D eigenvalue weighted by molar-refractivity contribution is 0.0539. The highest BCUT2D eigenvalue weighted by Gasteiger charge is 2.25. The van der Waals surface area contributed by atoms with E-state index in [9.17, 15) is 5.11 Å². The molecule has 2 unspecified atom stereocenters. The fourth-order valence-corrected chi connectivity index (χ4v) is 3.24. The summed E-state index contributed by atoms with van der Waals surface area (Å²) in [6.07, 6.45) is 5.56. The maximum Gasteiger partial charge on any atom is 0.0897 e. The van der Waals surface area contributed by atoms with E-state index in [0.29, 0.717) is 6.04 Å². The van der Waals surface area contributed by atoms with Crippen molar-refractivity contribution in [1.82, 2.24) is 9.88 Å². The zero-order valence-electron chi connectivity index (χ0n) is 10.7. The van der Waals surface area contributed by atoms with Crippen molar-refractivity contribution in [1.29, 1.82) is 0 Å². The lowest BCUT2D eigenvalue weighted by Crippen LogP contribution is -2.40. The summed E-state index contributed by atoms with van der Waals surface area (Å²) in [4.78, 5) is 6.76. The Morgan fingerprint density at radius 1 is 1.41 bits per heavy atom. The zero-order valence-corrected chi connectivity index (χ0v) is 11.5. The van der Waals surface area contributed by atoms with Crippen molar-refractivity contribution < 1.29 is 5.11 Å². The largest absolute Gasteiger partial charge is 0.391 e. The molecular formula is C13H22N2OS. The minimum atomic E-state index is -0.165. The third-order valence-electron chi connectivity index (χ3n) is 3.59. The number of hydrogen-bond acceptors (Lipinski definition) is 4. The van der Waals surface area contributed by atoms with Gasteiger partial charge in [-0.25, -0.2) is 4.98 Å². The van der Waals surface area contributed by atoms with E-state index >= 15 is 0 Å². The van der Waals surface area contributed by atoms with Crippen LogP contribution in [-0.4, -0.2) is 34.2 Å². The van der Waals surface area contributed by atoms with Gasteiger partial charge >= 0.3 is 0 Å². The highest BCUT2D eigenvalue weighted by molar-refractivity contribution is 7.09. The topological polar surface area (TPSA) is 36.4 Å². The summed E-state index contributed by atoms with van der Waals surface area (Å²) in [5.41, 5.74) is 1.13. The minimum Gasteiger partial charge on any atom is -0.391 e. The van der Waals surface area contributed by atoms with Gasteiger partial charge in [-0.1, -0.05) is 19.3 Å². The monoisotopic (exact) mass is 254 g/mol. The van der Waals surface area contributed by atoms with Crippen molar-refractivity contribution in [3.05, 3.63) is 16.1 Å². The van der Waals surface area contributed by atoms with Crippen LogP contribution >= 0.6 is 11.3 Å². The number of aliphatic hydroxyl groups is 1. The number of likely N-dealkylation sites (N-methyl/N-ethyl adjacent to an activating group) is 1. The molecule has 1 saturated carbocycles. The third-order valence-corrected chi connectivity index (χ3v) is 4.41. The quantitative estimate of drug-likeness (QED) is 0.842. The zero-order chi connectivity index (χ0) is 12.3. The summed E-state index contributed by atoms with van der Waals surface area (Å²) < 4.78 is 0. The Hall–Kier alpha value is -0.450. The molecule has 1 aromatic rings. The van der Waals surface area contributed by atoms with Gasteiger partial charge in [0.2, 0.25) is 0 Å². The van der Waals surface area contributed by atoms with Crippen LogP contribution in [0.3, 0.4) is 0 Å². The molecule has 0 spiro atoms. The molecule has 2 atom stereocenters. The Kier molecular flexibility index (Phi) is 4.54. The van der Waals surface area contributed by atoms with Crippen LogP contribution in [0.15, 0.2) is 5.38 Å². The molecule has 0 aromatic carbocycles. The molecule has 1 aliphatic rings. The van der Waals surface area contributed by atoms with E-state index in [1.165, 1.54) is 19.3 Å². The molecule has 0 radical (unpaired) electrons. The summed E-state index contributed by atoms with van der Waals surface area (Å²) >= 11 is 1.70. The highest BCUT2D eigenvalue weighted by Crippen LogP contribution is 2.23. The fourth-order valence-electron chi connectivity index (χ4n) is 2.64. The summed E-state index contributed by atoms with van der Waals surface area (Å²) in [6.45, 7) is 2.89. The van der Waals surface area contributed by atoms with Crippen LogP contribution in [0, 0.1) is 6.92 Å². The molecule has 0 aliphatic heterocycles. The first-order valence-corrected chi connectivity index (χ1v) is 7.34. The molecular weight excluding hydrogens is 232 g/mol. The Bertz CT molecular complexity index is 353. The second kappa shape index (κ2) is 5.94. The first-order valence-electron chi connectivity index (χ1n) is 6.46. The molecule has 2 rings (SSSR count). The van der Waals surface area contributed by atoms with Gasteiger partial charge in [0, 0.05) is 18.0 Å². The molecule has 1 heterocycles. The average Bonchev–Trinajstić information content (AvgIpc) is 2.57. The van der Waals surface area contributed by atoms with E-state index in [1.807, 2.05) is 6.92 Å². The van der Waals surface area contributed by atoms with Crippen LogP contribution in [0.5, 0.6) is 0 Å². The van der Waals surface area contributed by atoms with Gasteiger partial charge in [0.1, 0.15) is 0 Å². The number of aryl methyl sites for hydroxylation is 1. The summed E-state index contributed by atoms with van der Waals surface area (Å²) in [7, 11) is 2.11. The summed E-state index contributed by atoms with van der Waals surface area (Å²) in [5, 5.41) is 13.4.